The summed E-state index contributed by atoms with van der Waals surface area (Å²) in [5, 5.41) is 0. The predicted molar refractivity (Wildman–Crippen MR) is 140 cm³/mol. The van der Waals surface area contributed by atoms with Gasteiger partial charge in [-0.15, -0.1) is 11.3 Å². The summed E-state index contributed by atoms with van der Waals surface area (Å²) in [4.78, 5) is 19.9. The molecule has 2 aromatic carbocycles. The predicted octanol–water partition coefficient (Wildman–Crippen LogP) is 6.04. The minimum atomic E-state index is -4.53. The number of hydrogen-bond acceptors (Lipinski definition) is 6. The van der Waals surface area contributed by atoms with Gasteiger partial charge in [0.25, 0.3) is 0 Å². The number of imidazole rings is 2. The second-order valence-corrected chi connectivity index (χ2v) is 10.5. The number of aromatic amines is 2. The van der Waals surface area contributed by atoms with Gasteiger partial charge in [0, 0.05) is 32.7 Å². The molecule has 0 radical (unpaired) electrons. The molecule has 0 bridgehead atoms. The van der Waals surface area contributed by atoms with Gasteiger partial charge in [-0.1, -0.05) is 23.7 Å². The lowest BCUT2D eigenvalue weighted by atomic mass is 10.2. The van der Waals surface area contributed by atoms with E-state index < -0.39 is 12.0 Å². The lowest BCUT2D eigenvalue weighted by molar-refractivity contribution is -0.144. The number of fused-ring (bicyclic) bond motifs is 2. The van der Waals surface area contributed by atoms with E-state index >= 15 is 0 Å². The third-order valence-corrected chi connectivity index (χ3v) is 7.66. The fourth-order valence-electron chi connectivity index (χ4n) is 4.58. The summed E-state index contributed by atoms with van der Waals surface area (Å²) in [5.41, 5.74) is 3.50. The van der Waals surface area contributed by atoms with Crippen LogP contribution in [0.2, 0.25) is 4.34 Å². The number of anilines is 1. The zero-order valence-corrected chi connectivity index (χ0v) is 21.1. The molecule has 2 N–H and O–H groups in total. The number of halogens is 4. The van der Waals surface area contributed by atoms with Gasteiger partial charge >= 0.3 is 6.18 Å². The van der Waals surface area contributed by atoms with Gasteiger partial charge in [-0.05, 0) is 36.4 Å². The van der Waals surface area contributed by atoms with Crippen molar-refractivity contribution in [3.63, 3.8) is 0 Å². The molecule has 0 atom stereocenters. The molecule has 192 valence electrons. The minimum absolute atomic E-state index is 0.191. The number of aromatic nitrogens is 4. The number of thiophene rings is 1. The number of alkyl halides is 3. The Morgan fingerprint density at radius 3 is 2.41 bits per heavy atom. The van der Waals surface area contributed by atoms with Crippen LogP contribution in [0.1, 0.15) is 5.82 Å². The second kappa shape index (κ2) is 9.55. The first-order valence-electron chi connectivity index (χ1n) is 11.8. The lowest BCUT2D eigenvalue weighted by Gasteiger charge is -2.36. The molecule has 0 unspecified atom stereocenters. The van der Waals surface area contributed by atoms with Crippen LogP contribution in [0.3, 0.4) is 0 Å². The van der Waals surface area contributed by atoms with Crippen LogP contribution in [0.25, 0.3) is 32.8 Å². The molecule has 7 nitrogen and oxygen atoms in total. The molecule has 1 fully saturated rings. The zero-order chi connectivity index (χ0) is 25.6. The van der Waals surface area contributed by atoms with Crippen molar-refractivity contribution in [3.05, 3.63) is 58.7 Å². The summed E-state index contributed by atoms with van der Waals surface area (Å²) in [7, 11) is 0. The average molecular weight is 547 g/mol. The van der Waals surface area contributed by atoms with Crippen LogP contribution in [0.5, 0.6) is 5.75 Å². The highest BCUT2D eigenvalue weighted by Crippen LogP contribution is 2.34. The van der Waals surface area contributed by atoms with Crippen LogP contribution in [0, 0.1) is 0 Å². The highest BCUT2D eigenvalue weighted by Gasteiger charge is 2.35. The van der Waals surface area contributed by atoms with Gasteiger partial charge in [0.05, 0.1) is 25.9 Å². The van der Waals surface area contributed by atoms with Crippen LogP contribution >= 0.6 is 22.9 Å². The van der Waals surface area contributed by atoms with Crippen LogP contribution in [-0.4, -0.2) is 64.2 Å². The molecular formula is C25H22ClF3N6OS. The molecule has 1 saturated heterocycles. The molecule has 3 aromatic heterocycles. The summed E-state index contributed by atoms with van der Waals surface area (Å²) >= 11 is 7.59. The van der Waals surface area contributed by atoms with Gasteiger partial charge in [0.1, 0.15) is 29.2 Å². The molecule has 6 rings (SSSR count). The van der Waals surface area contributed by atoms with Crippen molar-refractivity contribution >= 4 is 50.7 Å². The van der Waals surface area contributed by atoms with Gasteiger partial charge in [-0.25, -0.2) is 9.97 Å². The summed E-state index contributed by atoms with van der Waals surface area (Å²) in [6, 6.07) is 14.8. The van der Waals surface area contributed by atoms with E-state index in [1.54, 1.807) is 18.2 Å². The van der Waals surface area contributed by atoms with E-state index in [9.17, 15) is 13.2 Å². The fraction of sp³-hybridized carbons (Fsp3) is 0.280. The van der Waals surface area contributed by atoms with Crippen molar-refractivity contribution in [2.45, 2.75) is 6.18 Å². The molecule has 1 aliphatic heterocycles. The first kappa shape index (κ1) is 24.1. The molecule has 12 heteroatoms. The number of rotatable bonds is 6. The van der Waals surface area contributed by atoms with Crippen molar-refractivity contribution < 1.29 is 17.9 Å². The Hall–Kier alpha value is -3.28. The first-order chi connectivity index (χ1) is 17.8. The van der Waals surface area contributed by atoms with Crippen LogP contribution < -0.4 is 9.64 Å². The fourth-order valence-corrected chi connectivity index (χ4v) is 5.57. The van der Waals surface area contributed by atoms with Crippen molar-refractivity contribution in [3.8, 4) is 16.5 Å². The van der Waals surface area contributed by atoms with E-state index in [0.29, 0.717) is 24.4 Å². The quantitative estimate of drug-likeness (QED) is 0.272. The monoisotopic (exact) mass is 546 g/mol. The Balaban J connectivity index is 1.08. The third kappa shape index (κ3) is 4.86. The van der Waals surface area contributed by atoms with Gasteiger partial charge in [0.15, 0.2) is 0 Å². The van der Waals surface area contributed by atoms with E-state index in [0.717, 1.165) is 57.9 Å². The van der Waals surface area contributed by atoms with Crippen LogP contribution in [-0.2, 0) is 6.18 Å². The van der Waals surface area contributed by atoms with Crippen molar-refractivity contribution in [1.29, 1.82) is 0 Å². The molecule has 0 saturated carbocycles. The molecule has 0 aliphatic carbocycles. The Morgan fingerprint density at radius 1 is 0.919 bits per heavy atom. The van der Waals surface area contributed by atoms with Crippen molar-refractivity contribution in [2.24, 2.45) is 0 Å². The van der Waals surface area contributed by atoms with Gasteiger partial charge in [-0.3, -0.25) is 4.90 Å². The summed E-state index contributed by atoms with van der Waals surface area (Å²) in [5.74, 6) is 0.133. The number of nitrogens with one attached hydrogen (secondary N) is 2. The number of H-pyrrole nitrogens is 2. The topological polar surface area (TPSA) is 73.1 Å². The second-order valence-electron chi connectivity index (χ2n) is 8.78. The number of nitrogens with zero attached hydrogens (tertiary/aromatic N) is 4. The Kier molecular flexibility index (Phi) is 6.21. The number of ether oxygens (including phenoxy) is 1. The van der Waals surface area contributed by atoms with Gasteiger partial charge in [-0.2, -0.15) is 13.2 Å². The van der Waals surface area contributed by atoms with Crippen molar-refractivity contribution in [1.82, 2.24) is 24.8 Å². The first-order valence-corrected chi connectivity index (χ1v) is 12.9. The van der Waals surface area contributed by atoms with E-state index in [1.807, 2.05) is 24.3 Å². The maximum Gasteiger partial charge on any atom is 0.449 e. The maximum atomic E-state index is 13.0. The maximum absolute atomic E-state index is 13.0. The lowest BCUT2D eigenvalue weighted by Crippen LogP contribution is -2.47. The van der Waals surface area contributed by atoms with Crippen molar-refractivity contribution in [2.75, 3.05) is 44.2 Å². The molecule has 37 heavy (non-hydrogen) atoms. The van der Waals surface area contributed by atoms with Crippen LogP contribution in [0.4, 0.5) is 18.9 Å². The highest BCUT2D eigenvalue weighted by atomic mass is 35.5. The van der Waals surface area contributed by atoms with Gasteiger partial charge < -0.3 is 19.6 Å². The van der Waals surface area contributed by atoms with Crippen LogP contribution in [0.15, 0.2) is 48.5 Å². The Labute approximate surface area is 218 Å². The van der Waals surface area contributed by atoms with Gasteiger partial charge in [0.2, 0.25) is 5.82 Å². The molecule has 5 aromatic rings. The summed E-state index contributed by atoms with van der Waals surface area (Å²) in [6.45, 7) is 4.35. The Morgan fingerprint density at radius 2 is 1.68 bits per heavy atom. The smallest absolute Gasteiger partial charge is 0.449 e. The Bertz CT molecular complexity index is 1550. The average Bonchev–Trinajstić information content (AvgIpc) is 3.62. The largest absolute Gasteiger partial charge is 0.490 e. The molecule has 0 spiro atoms. The zero-order valence-electron chi connectivity index (χ0n) is 19.5. The summed E-state index contributed by atoms with van der Waals surface area (Å²) in [6.07, 6.45) is -4.53. The number of benzene rings is 2. The molecule has 0 amide bonds. The number of hydrogen-bond donors (Lipinski definition) is 2. The highest BCUT2D eigenvalue weighted by molar-refractivity contribution is 7.19. The molecular weight excluding hydrogens is 525 g/mol. The molecule has 4 heterocycles. The SMILES string of the molecule is FC(F)(F)c1nc2c(OCCN3CCN(c4cccc5[nH]c(-c6ccc(Cl)s6)nc45)CC3)cccc2[nH]1. The minimum Gasteiger partial charge on any atom is -0.490 e. The summed E-state index contributed by atoms with van der Waals surface area (Å²) < 4.78 is 45.6. The molecule has 1 aliphatic rings. The van der Waals surface area contributed by atoms with E-state index in [2.05, 4.69) is 30.8 Å². The van der Waals surface area contributed by atoms with E-state index in [-0.39, 0.29) is 5.52 Å². The standard InChI is InChI=1S/C25H22ClF3N6OS/c26-20-8-7-19(37-20)23-30-15-3-1-5-17(21(15)32-23)35-11-9-34(10-12-35)13-14-36-18-6-2-4-16-22(18)33-24(31-16)25(27,28)29/h1-8H,9-14H2,(H,30,32)(H,31,33). The van der Waals surface area contributed by atoms with E-state index in [1.165, 1.54) is 11.3 Å². The normalized spacial score (nSPS) is 15.2. The van der Waals surface area contributed by atoms with E-state index in [4.69, 9.17) is 21.3 Å². The number of para-hydroxylation sites is 2. The number of piperazine rings is 1. The third-order valence-electron chi connectivity index (χ3n) is 6.42.